The van der Waals surface area contributed by atoms with Crippen molar-refractivity contribution in [3.8, 4) is 0 Å². The van der Waals surface area contributed by atoms with E-state index in [1.807, 2.05) is 4.90 Å². The molecule has 0 aliphatic carbocycles. The van der Waals surface area contributed by atoms with E-state index >= 15 is 0 Å². The number of nitrogens with one attached hydrogen (secondary N) is 1. The van der Waals surface area contributed by atoms with Crippen LogP contribution in [0.5, 0.6) is 0 Å². The summed E-state index contributed by atoms with van der Waals surface area (Å²) < 4.78 is 13.7. The highest BCUT2D eigenvalue weighted by atomic mass is 35.5. The maximum Gasteiger partial charge on any atom is 0.227 e. The number of nitrogens with zero attached hydrogens (tertiary/aromatic N) is 1. The molecule has 0 aromatic heterocycles. The summed E-state index contributed by atoms with van der Waals surface area (Å²) in [4.78, 5) is 14.2. The van der Waals surface area contributed by atoms with Gasteiger partial charge in [-0.25, -0.2) is 4.39 Å². The summed E-state index contributed by atoms with van der Waals surface area (Å²) >= 11 is 5.98. The van der Waals surface area contributed by atoms with Crippen molar-refractivity contribution in [2.75, 3.05) is 19.6 Å². The van der Waals surface area contributed by atoms with E-state index in [9.17, 15) is 9.18 Å². The first kappa shape index (κ1) is 13.8. The topological polar surface area (TPSA) is 32.3 Å². The summed E-state index contributed by atoms with van der Waals surface area (Å²) in [5, 5.41) is 3.80. The van der Waals surface area contributed by atoms with Crippen molar-refractivity contribution >= 4 is 17.5 Å². The largest absolute Gasteiger partial charge is 0.342 e. The van der Waals surface area contributed by atoms with Crippen molar-refractivity contribution in [2.24, 2.45) is 5.92 Å². The Hall–Kier alpha value is -1.13. The van der Waals surface area contributed by atoms with E-state index < -0.39 is 5.82 Å². The Morgan fingerprint density at radius 2 is 2.30 bits per heavy atom. The molecule has 1 N–H and O–H groups in total. The van der Waals surface area contributed by atoms with Crippen molar-refractivity contribution < 1.29 is 9.18 Å². The molecule has 2 unspecified atom stereocenters. The molecule has 0 saturated carbocycles. The number of carbonyl (C=O) groups excluding carboxylic acids is 1. The van der Waals surface area contributed by atoms with Crippen LogP contribution in [0.15, 0.2) is 18.2 Å². The number of carbonyl (C=O) groups is 1. The van der Waals surface area contributed by atoms with Crippen molar-refractivity contribution in [1.82, 2.24) is 10.2 Å². The molecular formula is C15H18ClFN2O. The molecule has 5 heteroatoms. The molecule has 1 aromatic rings. The molecule has 2 fully saturated rings. The van der Waals surface area contributed by atoms with E-state index in [-0.39, 0.29) is 12.3 Å². The summed E-state index contributed by atoms with van der Waals surface area (Å²) in [6.45, 7) is 2.57. The van der Waals surface area contributed by atoms with Gasteiger partial charge < -0.3 is 10.2 Å². The van der Waals surface area contributed by atoms with Gasteiger partial charge in [-0.3, -0.25) is 4.79 Å². The number of halogens is 2. The molecule has 0 bridgehead atoms. The van der Waals surface area contributed by atoms with Crippen LogP contribution in [-0.4, -0.2) is 36.5 Å². The van der Waals surface area contributed by atoms with Crippen molar-refractivity contribution in [2.45, 2.75) is 25.3 Å². The van der Waals surface area contributed by atoms with Gasteiger partial charge in [0.2, 0.25) is 5.91 Å². The van der Waals surface area contributed by atoms with Gasteiger partial charge in [-0.1, -0.05) is 17.7 Å². The lowest BCUT2D eigenvalue weighted by Crippen LogP contribution is -2.47. The SMILES string of the molecule is O=C(Cc1c(F)cccc1Cl)N1CCC2NCCC2C1. The minimum absolute atomic E-state index is 0.0256. The number of hydrogen-bond acceptors (Lipinski definition) is 2. The van der Waals surface area contributed by atoms with Gasteiger partial charge in [0, 0.05) is 29.7 Å². The molecule has 2 atom stereocenters. The fourth-order valence-corrected chi connectivity index (χ4v) is 3.47. The Morgan fingerprint density at radius 1 is 1.45 bits per heavy atom. The average Bonchev–Trinajstić information content (AvgIpc) is 2.90. The van der Waals surface area contributed by atoms with Crippen LogP contribution in [-0.2, 0) is 11.2 Å². The number of likely N-dealkylation sites (tertiary alicyclic amines) is 1. The van der Waals surface area contributed by atoms with Gasteiger partial charge in [0.25, 0.3) is 0 Å². The molecule has 3 rings (SSSR count). The number of rotatable bonds is 2. The molecule has 1 aromatic carbocycles. The second-order valence-electron chi connectivity index (χ2n) is 5.61. The maximum absolute atomic E-state index is 13.7. The van der Waals surface area contributed by atoms with Crippen LogP contribution < -0.4 is 5.32 Å². The van der Waals surface area contributed by atoms with Crippen LogP contribution in [0.25, 0.3) is 0 Å². The standard InChI is InChI=1S/C15H18ClFN2O/c16-12-2-1-3-13(17)11(12)8-15(20)19-7-5-14-10(9-19)4-6-18-14/h1-3,10,14,18H,4-9H2. The van der Waals surface area contributed by atoms with E-state index in [1.54, 1.807) is 12.1 Å². The van der Waals surface area contributed by atoms with Gasteiger partial charge in [-0.2, -0.15) is 0 Å². The van der Waals surface area contributed by atoms with Crippen molar-refractivity contribution in [3.63, 3.8) is 0 Å². The Balaban J connectivity index is 1.67. The van der Waals surface area contributed by atoms with Crippen LogP contribution in [0.1, 0.15) is 18.4 Å². The predicted molar refractivity (Wildman–Crippen MR) is 76.2 cm³/mol. The summed E-state index contributed by atoms with van der Waals surface area (Å²) in [7, 11) is 0. The third kappa shape index (κ3) is 2.67. The Bertz CT molecular complexity index is 502. The predicted octanol–water partition coefficient (Wildman–Crippen LogP) is 2.23. The van der Waals surface area contributed by atoms with E-state index in [0.29, 0.717) is 22.5 Å². The Kier molecular flexibility index (Phi) is 3.94. The first-order chi connectivity index (χ1) is 9.65. The third-order valence-corrected chi connectivity index (χ3v) is 4.75. The summed E-state index contributed by atoms with van der Waals surface area (Å²) in [6.07, 6.45) is 2.16. The first-order valence-corrected chi connectivity index (χ1v) is 7.47. The number of fused-ring (bicyclic) bond motifs is 1. The fourth-order valence-electron chi connectivity index (χ4n) is 3.24. The fraction of sp³-hybridized carbons (Fsp3) is 0.533. The summed E-state index contributed by atoms with van der Waals surface area (Å²) in [6, 6.07) is 5.08. The lowest BCUT2D eigenvalue weighted by atomic mass is 9.93. The minimum atomic E-state index is -0.400. The zero-order chi connectivity index (χ0) is 14.1. The molecule has 1 amide bonds. The van der Waals surface area contributed by atoms with Gasteiger partial charge in [0.15, 0.2) is 0 Å². The molecule has 2 saturated heterocycles. The second kappa shape index (κ2) is 5.70. The highest BCUT2D eigenvalue weighted by molar-refractivity contribution is 6.31. The van der Waals surface area contributed by atoms with Gasteiger partial charge in [0.1, 0.15) is 5.82 Å². The molecule has 0 radical (unpaired) electrons. The molecular weight excluding hydrogens is 279 g/mol. The third-order valence-electron chi connectivity index (χ3n) is 4.40. The minimum Gasteiger partial charge on any atom is -0.342 e. The normalized spacial score (nSPS) is 25.6. The zero-order valence-corrected chi connectivity index (χ0v) is 12.0. The quantitative estimate of drug-likeness (QED) is 0.908. The number of benzene rings is 1. The van der Waals surface area contributed by atoms with E-state index in [1.165, 1.54) is 6.07 Å². The van der Waals surface area contributed by atoms with Crippen LogP contribution >= 0.6 is 11.6 Å². The second-order valence-corrected chi connectivity index (χ2v) is 6.02. The van der Waals surface area contributed by atoms with E-state index in [2.05, 4.69) is 5.32 Å². The Labute approximate surface area is 123 Å². The molecule has 3 nitrogen and oxygen atoms in total. The molecule has 2 heterocycles. The lowest BCUT2D eigenvalue weighted by Gasteiger charge is -2.35. The average molecular weight is 297 g/mol. The van der Waals surface area contributed by atoms with Gasteiger partial charge in [0.05, 0.1) is 6.42 Å². The van der Waals surface area contributed by atoms with Gasteiger partial charge >= 0.3 is 0 Å². The number of hydrogen-bond donors (Lipinski definition) is 1. The molecule has 108 valence electrons. The monoisotopic (exact) mass is 296 g/mol. The molecule has 20 heavy (non-hydrogen) atoms. The highest BCUT2D eigenvalue weighted by Crippen LogP contribution is 2.26. The van der Waals surface area contributed by atoms with Crippen molar-refractivity contribution in [1.29, 1.82) is 0 Å². The van der Waals surface area contributed by atoms with Crippen LogP contribution in [0.4, 0.5) is 4.39 Å². The highest BCUT2D eigenvalue weighted by Gasteiger charge is 2.34. The van der Waals surface area contributed by atoms with Crippen LogP contribution in [0, 0.1) is 11.7 Å². The lowest BCUT2D eigenvalue weighted by molar-refractivity contribution is -0.132. The first-order valence-electron chi connectivity index (χ1n) is 7.09. The molecule has 2 aliphatic rings. The Morgan fingerprint density at radius 3 is 3.10 bits per heavy atom. The van der Waals surface area contributed by atoms with E-state index in [4.69, 9.17) is 11.6 Å². The van der Waals surface area contributed by atoms with E-state index in [0.717, 1.165) is 32.5 Å². The molecule has 2 aliphatic heterocycles. The number of piperidine rings is 1. The smallest absolute Gasteiger partial charge is 0.227 e. The van der Waals surface area contributed by atoms with Crippen molar-refractivity contribution in [3.05, 3.63) is 34.6 Å². The van der Waals surface area contributed by atoms with Gasteiger partial charge in [-0.05, 0) is 37.4 Å². The molecule has 0 spiro atoms. The number of amides is 1. The van der Waals surface area contributed by atoms with Crippen LogP contribution in [0.3, 0.4) is 0 Å². The summed E-state index contributed by atoms with van der Waals surface area (Å²) in [5.41, 5.74) is 0.311. The maximum atomic E-state index is 13.7. The summed E-state index contributed by atoms with van der Waals surface area (Å²) in [5.74, 6) is 0.120. The van der Waals surface area contributed by atoms with Crippen LogP contribution in [0.2, 0.25) is 5.02 Å². The van der Waals surface area contributed by atoms with Gasteiger partial charge in [-0.15, -0.1) is 0 Å². The zero-order valence-electron chi connectivity index (χ0n) is 11.2.